The minimum absolute atomic E-state index is 0.0391. The van der Waals surface area contributed by atoms with E-state index in [1.807, 2.05) is 37.4 Å². The molecule has 1 aromatic carbocycles. The van der Waals surface area contributed by atoms with Gasteiger partial charge in [-0.1, -0.05) is 36.7 Å². The van der Waals surface area contributed by atoms with Crippen LogP contribution in [0, 0.1) is 0 Å². The van der Waals surface area contributed by atoms with E-state index in [-0.39, 0.29) is 6.04 Å². The molecule has 0 spiro atoms. The third-order valence-corrected chi connectivity index (χ3v) is 3.33. The third-order valence-electron chi connectivity index (χ3n) is 2.96. The molecular formula is C14H18ClN3. The van der Waals surface area contributed by atoms with E-state index in [0.717, 1.165) is 35.1 Å². The fraction of sp³-hybridized carbons (Fsp3) is 0.357. The molecule has 2 aromatic rings. The molecule has 3 nitrogen and oxygen atoms in total. The smallest absolute Gasteiger partial charge is 0.109 e. The highest BCUT2D eigenvalue weighted by molar-refractivity contribution is 6.31. The van der Waals surface area contributed by atoms with Crippen LogP contribution in [0.1, 0.15) is 37.0 Å². The number of nitrogens with two attached hydrogens (primary N) is 1. The summed E-state index contributed by atoms with van der Waals surface area (Å²) in [5.74, 6) is 1.04. The van der Waals surface area contributed by atoms with E-state index in [2.05, 4.69) is 16.5 Å². The van der Waals surface area contributed by atoms with E-state index in [1.165, 1.54) is 0 Å². The van der Waals surface area contributed by atoms with Gasteiger partial charge in [-0.15, -0.1) is 0 Å². The second kappa shape index (κ2) is 5.55. The van der Waals surface area contributed by atoms with Crippen molar-refractivity contribution < 1.29 is 0 Å². The van der Waals surface area contributed by atoms with Gasteiger partial charge in [0, 0.05) is 23.7 Å². The van der Waals surface area contributed by atoms with Crippen LogP contribution >= 0.6 is 11.6 Å². The molecule has 0 radical (unpaired) electrons. The van der Waals surface area contributed by atoms with E-state index < -0.39 is 0 Å². The molecule has 0 saturated carbocycles. The monoisotopic (exact) mass is 263 g/mol. The largest absolute Gasteiger partial charge is 0.330 e. The van der Waals surface area contributed by atoms with Crippen LogP contribution in [0.4, 0.5) is 0 Å². The number of rotatable bonds is 4. The second-order valence-corrected chi connectivity index (χ2v) is 4.85. The van der Waals surface area contributed by atoms with Crippen LogP contribution in [0.15, 0.2) is 30.5 Å². The van der Waals surface area contributed by atoms with E-state index in [1.54, 1.807) is 0 Å². The Balaban J connectivity index is 2.31. The zero-order valence-electron chi connectivity index (χ0n) is 10.7. The minimum atomic E-state index is -0.0391. The van der Waals surface area contributed by atoms with Crippen LogP contribution in [0.5, 0.6) is 0 Å². The molecule has 2 N–H and O–H groups in total. The first-order chi connectivity index (χ1) is 8.61. The highest BCUT2D eigenvalue weighted by Crippen LogP contribution is 2.18. The molecule has 2 rings (SSSR count). The van der Waals surface area contributed by atoms with Gasteiger partial charge in [0.2, 0.25) is 0 Å². The Morgan fingerprint density at radius 1 is 1.39 bits per heavy atom. The first-order valence-corrected chi connectivity index (χ1v) is 6.54. The van der Waals surface area contributed by atoms with Gasteiger partial charge in [-0.3, -0.25) is 0 Å². The predicted octanol–water partition coefficient (Wildman–Crippen LogP) is 3.17. The van der Waals surface area contributed by atoms with Gasteiger partial charge in [-0.25, -0.2) is 4.98 Å². The van der Waals surface area contributed by atoms with Gasteiger partial charge in [-0.05, 0) is 18.6 Å². The number of benzene rings is 1. The van der Waals surface area contributed by atoms with Crippen LogP contribution < -0.4 is 5.73 Å². The van der Waals surface area contributed by atoms with Gasteiger partial charge in [0.25, 0.3) is 0 Å². The molecular weight excluding hydrogens is 246 g/mol. The quantitative estimate of drug-likeness (QED) is 0.921. The third kappa shape index (κ3) is 2.74. The van der Waals surface area contributed by atoms with E-state index in [9.17, 15) is 0 Å². The fourth-order valence-electron chi connectivity index (χ4n) is 1.92. The summed E-state index contributed by atoms with van der Waals surface area (Å²) >= 11 is 6.18. The van der Waals surface area contributed by atoms with Crippen molar-refractivity contribution in [1.82, 2.24) is 9.55 Å². The first-order valence-electron chi connectivity index (χ1n) is 6.16. The molecule has 0 saturated heterocycles. The summed E-state index contributed by atoms with van der Waals surface area (Å²) in [6.45, 7) is 4.78. The normalized spacial score (nSPS) is 12.7. The summed E-state index contributed by atoms with van der Waals surface area (Å²) in [4.78, 5) is 4.55. The second-order valence-electron chi connectivity index (χ2n) is 4.44. The van der Waals surface area contributed by atoms with Gasteiger partial charge < -0.3 is 10.3 Å². The number of hydrogen-bond acceptors (Lipinski definition) is 2. The molecule has 1 aromatic heterocycles. The Bertz CT molecular complexity index is 532. The van der Waals surface area contributed by atoms with Crippen molar-refractivity contribution >= 4 is 11.6 Å². The Kier molecular flexibility index (Phi) is 4.04. The van der Waals surface area contributed by atoms with Gasteiger partial charge in [0.1, 0.15) is 5.82 Å². The Morgan fingerprint density at radius 3 is 2.72 bits per heavy atom. The molecule has 0 amide bonds. The van der Waals surface area contributed by atoms with E-state index in [4.69, 9.17) is 17.3 Å². The molecule has 0 fully saturated rings. The van der Waals surface area contributed by atoms with E-state index in [0.29, 0.717) is 0 Å². The Hall–Kier alpha value is -1.32. The van der Waals surface area contributed by atoms with Gasteiger partial charge in [0.05, 0.1) is 12.2 Å². The Morgan fingerprint density at radius 2 is 2.11 bits per heavy atom. The summed E-state index contributed by atoms with van der Waals surface area (Å²) in [5, 5.41) is 0.788. The molecule has 0 aliphatic carbocycles. The van der Waals surface area contributed by atoms with Crippen LogP contribution in [-0.2, 0) is 13.0 Å². The standard InChI is InChI=1S/C14H18ClN3/c1-3-14-17-13(10(2)16)9-18(14)8-11-6-4-5-7-12(11)15/h4-7,9-10H,3,8,16H2,1-2H3/t10-/m1/s1. The lowest BCUT2D eigenvalue weighted by atomic mass is 10.2. The van der Waals surface area contributed by atoms with Crippen molar-refractivity contribution in [2.75, 3.05) is 0 Å². The number of hydrogen-bond donors (Lipinski definition) is 1. The molecule has 96 valence electrons. The zero-order valence-corrected chi connectivity index (χ0v) is 11.5. The number of aromatic nitrogens is 2. The molecule has 0 bridgehead atoms. The maximum absolute atomic E-state index is 6.18. The number of imidazole rings is 1. The van der Waals surface area contributed by atoms with Gasteiger partial charge in [0.15, 0.2) is 0 Å². The fourth-order valence-corrected chi connectivity index (χ4v) is 2.12. The van der Waals surface area contributed by atoms with Gasteiger partial charge in [-0.2, -0.15) is 0 Å². The van der Waals surface area contributed by atoms with Crippen molar-refractivity contribution in [1.29, 1.82) is 0 Å². The van der Waals surface area contributed by atoms with E-state index >= 15 is 0 Å². The lowest BCUT2D eigenvalue weighted by Gasteiger charge is -2.07. The molecule has 4 heteroatoms. The van der Waals surface area contributed by atoms with Crippen molar-refractivity contribution in [3.63, 3.8) is 0 Å². The summed E-state index contributed by atoms with van der Waals surface area (Å²) in [5.41, 5.74) is 7.90. The number of aryl methyl sites for hydroxylation is 1. The molecule has 1 atom stereocenters. The molecule has 0 aliphatic heterocycles. The van der Waals surface area contributed by atoms with Crippen LogP contribution in [0.2, 0.25) is 5.02 Å². The average Bonchev–Trinajstić information content (AvgIpc) is 2.75. The molecule has 1 heterocycles. The van der Waals surface area contributed by atoms with Crippen molar-refractivity contribution in [2.24, 2.45) is 5.73 Å². The average molecular weight is 264 g/mol. The maximum atomic E-state index is 6.18. The number of halogens is 1. The SMILES string of the molecule is CCc1nc([C@@H](C)N)cn1Cc1ccccc1Cl. The minimum Gasteiger partial charge on any atom is -0.330 e. The van der Waals surface area contributed by atoms with Crippen molar-refractivity contribution in [3.05, 3.63) is 52.6 Å². The van der Waals surface area contributed by atoms with Crippen LogP contribution in [0.25, 0.3) is 0 Å². The zero-order chi connectivity index (χ0) is 13.1. The maximum Gasteiger partial charge on any atom is 0.109 e. The molecule has 18 heavy (non-hydrogen) atoms. The highest BCUT2D eigenvalue weighted by atomic mass is 35.5. The molecule has 0 unspecified atom stereocenters. The number of nitrogens with zero attached hydrogens (tertiary/aromatic N) is 2. The summed E-state index contributed by atoms with van der Waals surface area (Å²) in [6.07, 6.45) is 2.91. The predicted molar refractivity (Wildman–Crippen MR) is 74.8 cm³/mol. The first kappa shape index (κ1) is 13.1. The van der Waals surface area contributed by atoms with Crippen LogP contribution in [-0.4, -0.2) is 9.55 Å². The molecule has 0 aliphatic rings. The highest BCUT2D eigenvalue weighted by Gasteiger charge is 2.10. The van der Waals surface area contributed by atoms with Crippen LogP contribution in [0.3, 0.4) is 0 Å². The summed E-state index contributed by atoms with van der Waals surface area (Å²) in [7, 11) is 0. The lowest BCUT2D eigenvalue weighted by molar-refractivity contribution is 0.732. The lowest BCUT2D eigenvalue weighted by Crippen LogP contribution is -2.05. The van der Waals surface area contributed by atoms with Crippen molar-refractivity contribution in [2.45, 2.75) is 32.9 Å². The topological polar surface area (TPSA) is 43.8 Å². The summed E-state index contributed by atoms with van der Waals surface area (Å²) in [6, 6.07) is 7.84. The van der Waals surface area contributed by atoms with Crippen molar-refractivity contribution in [3.8, 4) is 0 Å². The summed E-state index contributed by atoms with van der Waals surface area (Å²) < 4.78 is 2.12. The van der Waals surface area contributed by atoms with Gasteiger partial charge >= 0.3 is 0 Å². The Labute approximate surface area is 113 Å².